The molecule has 0 N–H and O–H groups in total. The lowest BCUT2D eigenvalue weighted by atomic mass is 10.1. The minimum atomic E-state index is -0.256. The van der Waals surface area contributed by atoms with E-state index in [2.05, 4.69) is 0 Å². The van der Waals surface area contributed by atoms with Crippen molar-refractivity contribution < 1.29 is 19.1 Å². The fourth-order valence-corrected chi connectivity index (χ4v) is 0.975. The quantitative estimate of drug-likeness (QED) is 0.366. The standard InChI is InChI=1S/C11H18O4/c1-8(2)11(14)15-6-4-5-10(13)7-9(3)12/h8H,4-7H2,1-3H3. The van der Waals surface area contributed by atoms with Crippen molar-refractivity contribution in [1.29, 1.82) is 0 Å². The maximum Gasteiger partial charge on any atom is 0.308 e. The minimum Gasteiger partial charge on any atom is -0.465 e. The van der Waals surface area contributed by atoms with Gasteiger partial charge in [0.25, 0.3) is 0 Å². The van der Waals surface area contributed by atoms with E-state index in [-0.39, 0.29) is 36.5 Å². The zero-order chi connectivity index (χ0) is 11.8. The van der Waals surface area contributed by atoms with E-state index in [1.54, 1.807) is 13.8 Å². The number of Topliss-reactive ketones (excluding diaryl/α,β-unsaturated/α-hetero) is 2. The third-order valence-corrected chi connectivity index (χ3v) is 1.76. The van der Waals surface area contributed by atoms with E-state index in [9.17, 15) is 14.4 Å². The summed E-state index contributed by atoms with van der Waals surface area (Å²) in [4.78, 5) is 32.7. The molecule has 86 valence electrons. The molecule has 0 fully saturated rings. The van der Waals surface area contributed by atoms with Gasteiger partial charge in [-0.2, -0.15) is 0 Å². The van der Waals surface area contributed by atoms with E-state index in [1.807, 2.05) is 0 Å². The lowest BCUT2D eigenvalue weighted by Gasteiger charge is -2.06. The van der Waals surface area contributed by atoms with Crippen LogP contribution in [0.25, 0.3) is 0 Å². The van der Waals surface area contributed by atoms with Crippen molar-refractivity contribution in [3.8, 4) is 0 Å². The van der Waals surface area contributed by atoms with Gasteiger partial charge >= 0.3 is 5.97 Å². The van der Waals surface area contributed by atoms with Crippen LogP contribution in [0.15, 0.2) is 0 Å². The first-order valence-electron chi connectivity index (χ1n) is 5.11. The van der Waals surface area contributed by atoms with Crippen LogP contribution in [0, 0.1) is 5.92 Å². The van der Waals surface area contributed by atoms with Gasteiger partial charge in [-0.15, -0.1) is 0 Å². The Balaban J connectivity index is 3.50. The first kappa shape index (κ1) is 13.8. The first-order chi connectivity index (χ1) is 6.93. The summed E-state index contributed by atoms with van der Waals surface area (Å²) in [6.07, 6.45) is 0.771. The molecule has 0 heterocycles. The molecule has 0 saturated heterocycles. The molecule has 0 aliphatic carbocycles. The highest BCUT2D eigenvalue weighted by atomic mass is 16.5. The van der Waals surface area contributed by atoms with Gasteiger partial charge in [0.15, 0.2) is 0 Å². The molecule has 0 amide bonds. The largest absolute Gasteiger partial charge is 0.465 e. The van der Waals surface area contributed by atoms with E-state index >= 15 is 0 Å². The van der Waals surface area contributed by atoms with Gasteiger partial charge in [0.1, 0.15) is 11.6 Å². The summed E-state index contributed by atoms with van der Waals surface area (Å²) in [5, 5.41) is 0. The number of rotatable bonds is 7. The number of carbonyl (C=O) groups is 3. The molecule has 0 saturated carbocycles. The predicted molar refractivity (Wildman–Crippen MR) is 55.3 cm³/mol. The van der Waals surface area contributed by atoms with E-state index in [1.165, 1.54) is 6.92 Å². The average Bonchev–Trinajstić information content (AvgIpc) is 2.10. The van der Waals surface area contributed by atoms with Crippen molar-refractivity contribution in [2.45, 2.75) is 40.0 Å². The number of ether oxygens (including phenoxy) is 1. The Morgan fingerprint density at radius 3 is 2.27 bits per heavy atom. The van der Waals surface area contributed by atoms with E-state index in [0.29, 0.717) is 12.8 Å². The monoisotopic (exact) mass is 214 g/mol. The molecule has 0 unspecified atom stereocenters. The number of hydrogen-bond acceptors (Lipinski definition) is 4. The molecule has 0 spiro atoms. The second-order valence-electron chi connectivity index (χ2n) is 3.84. The molecule has 0 bridgehead atoms. The van der Waals surface area contributed by atoms with Gasteiger partial charge in [-0.05, 0) is 13.3 Å². The zero-order valence-corrected chi connectivity index (χ0v) is 9.54. The van der Waals surface area contributed by atoms with Crippen molar-refractivity contribution in [3.63, 3.8) is 0 Å². The highest BCUT2D eigenvalue weighted by Gasteiger charge is 2.09. The molecule has 0 atom stereocenters. The maximum absolute atomic E-state index is 11.1. The normalized spacial score (nSPS) is 10.1. The SMILES string of the molecule is CC(=O)CC(=O)CCCOC(=O)C(C)C. The highest BCUT2D eigenvalue weighted by molar-refractivity contribution is 5.97. The molecule has 15 heavy (non-hydrogen) atoms. The van der Waals surface area contributed by atoms with Crippen LogP contribution in [0.3, 0.4) is 0 Å². The van der Waals surface area contributed by atoms with Crippen LogP contribution >= 0.6 is 0 Å². The van der Waals surface area contributed by atoms with Crippen LogP contribution < -0.4 is 0 Å². The Kier molecular flexibility index (Phi) is 6.58. The number of ketones is 2. The highest BCUT2D eigenvalue weighted by Crippen LogP contribution is 2.00. The van der Waals surface area contributed by atoms with Crippen molar-refractivity contribution in [2.75, 3.05) is 6.61 Å². The van der Waals surface area contributed by atoms with Crippen molar-refractivity contribution in [2.24, 2.45) is 5.92 Å². The summed E-state index contributed by atoms with van der Waals surface area (Å²) in [5.74, 6) is -0.616. The predicted octanol–water partition coefficient (Wildman–Crippen LogP) is 1.51. The second kappa shape index (κ2) is 7.15. The van der Waals surface area contributed by atoms with Gasteiger partial charge in [0.05, 0.1) is 18.9 Å². The number of esters is 1. The van der Waals surface area contributed by atoms with Crippen LogP contribution in [-0.4, -0.2) is 24.1 Å². The van der Waals surface area contributed by atoms with Gasteiger partial charge < -0.3 is 4.74 Å². The third-order valence-electron chi connectivity index (χ3n) is 1.76. The van der Waals surface area contributed by atoms with Crippen LogP contribution in [-0.2, 0) is 19.1 Å². The van der Waals surface area contributed by atoms with Crippen LogP contribution in [0.2, 0.25) is 0 Å². The molecule has 0 radical (unpaired) electrons. The summed E-state index contributed by atoms with van der Waals surface area (Å²) < 4.78 is 4.88. The van der Waals surface area contributed by atoms with E-state index in [0.717, 1.165) is 0 Å². The average molecular weight is 214 g/mol. The van der Waals surface area contributed by atoms with Crippen molar-refractivity contribution in [1.82, 2.24) is 0 Å². The summed E-state index contributed by atoms with van der Waals surface area (Å²) in [6.45, 7) is 5.14. The Labute approximate surface area is 90.0 Å². The summed E-state index contributed by atoms with van der Waals surface area (Å²) in [5.41, 5.74) is 0. The Bertz CT molecular complexity index is 243. The molecule has 0 aliphatic rings. The van der Waals surface area contributed by atoms with Gasteiger partial charge in [0.2, 0.25) is 0 Å². The van der Waals surface area contributed by atoms with Crippen LogP contribution in [0.4, 0.5) is 0 Å². The Morgan fingerprint density at radius 2 is 1.80 bits per heavy atom. The topological polar surface area (TPSA) is 60.4 Å². The summed E-state index contributed by atoms with van der Waals surface area (Å²) in [7, 11) is 0. The van der Waals surface area contributed by atoms with Crippen molar-refractivity contribution in [3.05, 3.63) is 0 Å². The molecule has 0 aromatic heterocycles. The van der Waals surface area contributed by atoms with Gasteiger partial charge in [-0.1, -0.05) is 13.8 Å². The fourth-order valence-electron chi connectivity index (χ4n) is 0.975. The number of carbonyl (C=O) groups excluding carboxylic acids is 3. The van der Waals surface area contributed by atoms with Crippen LogP contribution in [0.5, 0.6) is 0 Å². The van der Waals surface area contributed by atoms with Crippen LogP contribution in [0.1, 0.15) is 40.0 Å². The molecular formula is C11H18O4. The maximum atomic E-state index is 11.1. The van der Waals surface area contributed by atoms with Gasteiger partial charge in [-0.3, -0.25) is 14.4 Å². The molecule has 0 rings (SSSR count). The molecule has 4 heteroatoms. The molecular weight excluding hydrogens is 196 g/mol. The first-order valence-corrected chi connectivity index (χ1v) is 5.11. The smallest absolute Gasteiger partial charge is 0.308 e. The van der Waals surface area contributed by atoms with E-state index in [4.69, 9.17) is 4.74 Å². The second-order valence-corrected chi connectivity index (χ2v) is 3.84. The Hall–Kier alpha value is -1.19. The fraction of sp³-hybridized carbons (Fsp3) is 0.727. The zero-order valence-electron chi connectivity index (χ0n) is 9.54. The Morgan fingerprint density at radius 1 is 1.20 bits per heavy atom. The lowest BCUT2D eigenvalue weighted by molar-refractivity contribution is -0.147. The third kappa shape index (κ3) is 7.85. The van der Waals surface area contributed by atoms with Gasteiger partial charge in [0, 0.05) is 6.42 Å². The summed E-state index contributed by atoms with van der Waals surface area (Å²) in [6, 6.07) is 0. The number of hydrogen-bond donors (Lipinski definition) is 0. The summed E-state index contributed by atoms with van der Waals surface area (Å²) >= 11 is 0. The minimum absolute atomic E-state index is 0.0157. The van der Waals surface area contributed by atoms with Gasteiger partial charge in [-0.25, -0.2) is 0 Å². The van der Waals surface area contributed by atoms with Crippen molar-refractivity contribution >= 4 is 17.5 Å². The molecule has 4 nitrogen and oxygen atoms in total. The molecule has 0 aromatic rings. The lowest BCUT2D eigenvalue weighted by Crippen LogP contribution is -2.13. The molecule has 0 aromatic carbocycles. The van der Waals surface area contributed by atoms with E-state index < -0.39 is 0 Å². The molecule has 0 aliphatic heterocycles.